The molecule has 0 amide bonds. The van der Waals surface area contributed by atoms with Gasteiger partial charge in [0, 0.05) is 18.5 Å². The molecule has 3 nitrogen and oxygen atoms in total. The van der Waals surface area contributed by atoms with E-state index in [9.17, 15) is 5.26 Å². The van der Waals surface area contributed by atoms with Crippen molar-refractivity contribution < 1.29 is 0 Å². The van der Waals surface area contributed by atoms with Crippen LogP contribution in [-0.4, -0.2) is 18.1 Å². The van der Waals surface area contributed by atoms with Gasteiger partial charge in [0.2, 0.25) is 0 Å². The van der Waals surface area contributed by atoms with E-state index in [1.54, 1.807) is 0 Å². The molecule has 0 unspecified atom stereocenters. The Kier molecular flexibility index (Phi) is 2.97. The summed E-state index contributed by atoms with van der Waals surface area (Å²) < 4.78 is 0. The summed E-state index contributed by atoms with van der Waals surface area (Å²) in [5, 5.41) is 10.1. The molecule has 0 saturated heterocycles. The van der Waals surface area contributed by atoms with E-state index < -0.39 is 0 Å². The maximum atomic E-state index is 9.18. The zero-order valence-electron chi connectivity index (χ0n) is 10.3. The van der Waals surface area contributed by atoms with Crippen molar-refractivity contribution in [2.45, 2.75) is 19.9 Å². The number of para-hydroxylation sites is 1. The number of rotatable bonds is 2. The van der Waals surface area contributed by atoms with E-state index in [2.05, 4.69) is 29.8 Å². The maximum absolute atomic E-state index is 9.18. The Hall–Kier alpha value is -2.08. The van der Waals surface area contributed by atoms with Crippen LogP contribution in [0.1, 0.15) is 19.4 Å². The second-order valence-corrected chi connectivity index (χ2v) is 4.36. The zero-order valence-corrected chi connectivity index (χ0v) is 10.3. The molecule has 0 spiro atoms. The molecule has 1 aromatic heterocycles. The third-order valence-corrected chi connectivity index (χ3v) is 2.96. The summed E-state index contributed by atoms with van der Waals surface area (Å²) in [5.74, 6) is 0.843. The van der Waals surface area contributed by atoms with Crippen molar-refractivity contribution in [3.8, 4) is 6.07 Å². The van der Waals surface area contributed by atoms with E-state index in [1.807, 2.05) is 37.4 Å². The summed E-state index contributed by atoms with van der Waals surface area (Å²) >= 11 is 0. The first kappa shape index (κ1) is 11.4. The van der Waals surface area contributed by atoms with Crippen LogP contribution in [0.15, 0.2) is 30.3 Å². The number of nitriles is 1. The van der Waals surface area contributed by atoms with Gasteiger partial charge in [-0.25, -0.2) is 4.98 Å². The van der Waals surface area contributed by atoms with E-state index in [0.29, 0.717) is 11.6 Å². The lowest BCUT2D eigenvalue weighted by atomic mass is 10.1. The summed E-state index contributed by atoms with van der Waals surface area (Å²) in [5.41, 5.74) is 1.55. The summed E-state index contributed by atoms with van der Waals surface area (Å²) in [4.78, 5) is 6.64. The van der Waals surface area contributed by atoms with Gasteiger partial charge in [0.15, 0.2) is 0 Å². The van der Waals surface area contributed by atoms with Crippen molar-refractivity contribution in [3.63, 3.8) is 0 Å². The van der Waals surface area contributed by atoms with Crippen LogP contribution in [0, 0.1) is 11.3 Å². The second-order valence-electron chi connectivity index (χ2n) is 4.36. The molecule has 0 N–H and O–H groups in total. The molecule has 0 fully saturated rings. The van der Waals surface area contributed by atoms with Gasteiger partial charge in [-0.3, -0.25) is 0 Å². The summed E-state index contributed by atoms with van der Waals surface area (Å²) in [6, 6.07) is 12.2. The lowest BCUT2D eigenvalue weighted by Gasteiger charge is -2.23. The van der Waals surface area contributed by atoms with Crippen molar-refractivity contribution in [3.05, 3.63) is 35.9 Å². The second kappa shape index (κ2) is 4.42. The van der Waals surface area contributed by atoms with Crippen LogP contribution in [0.25, 0.3) is 10.9 Å². The number of hydrogen-bond donors (Lipinski definition) is 0. The first-order chi connectivity index (χ1) is 8.13. The Bertz CT molecular complexity index is 582. The Morgan fingerprint density at radius 2 is 2.00 bits per heavy atom. The lowest BCUT2D eigenvalue weighted by Crippen LogP contribution is -2.26. The zero-order chi connectivity index (χ0) is 12.4. The van der Waals surface area contributed by atoms with Gasteiger partial charge in [-0.2, -0.15) is 5.26 Å². The molecule has 0 aliphatic heterocycles. The van der Waals surface area contributed by atoms with Gasteiger partial charge < -0.3 is 4.90 Å². The first-order valence-electron chi connectivity index (χ1n) is 5.66. The van der Waals surface area contributed by atoms with Crippen LogP contribution in [0.3, 0.4) is 0 Å². The first-order valence-corrected chi connectivity index (χ1v) is 5.66. The van der Waals surface area contributed by atoms with Gasteiger partial charge in [0.1, 0.15) is 5.82 Å². The predicted molar refractivity (Wildman–Crippen MR) is 70.0 cm³/mol. The van der Waals surface area contributed by atoms with Crippen LogP contribution < -0.4 is 4.90 Å². The highest BCUT2D eigenvalue weighted by Gasteiger charge is 2.10. The number of nitrogens with zero attached hydrogens (tertiary/aromatic N) is 3. The summed E-state index contributed by atoms with van der Waals surface area (Å²) in [7, 11) is 1.99. The number of fused-ring (bicyclic) bond motifs is 1. The van der Waals surface area contributed by atoms with Gasteiger partial charge >= 0.3 is 0 Å². The molecule has 0 aliphatic carbocycles. The van der Waals surface area contributed by atoms with E-state index in [0.717, 1.165) is 16.7 Å². The molecular formula is C14H15N3. The molecule has 1 aromatic carbocycles. The van der Waals surface area contributed by atoms with Gasteiger partial charge in [-0.1, -0.05) is 18.2 Å². The molecule has 0 radical (unpaired) electrons. The molecule has 0 bridgehead atoms. The van der Waals surface area contributed by atoms with E-state index in [1.165, 1.54) is 0 Å². The number of hydrogen-bond acceptors (Lipinski definition) is 3. The van der Waals surface area contributed by atoms with Crippen molar-refractivity contribution in [2.24, 2.45) is 0 Å². The highest BCUT2D eigenvalue weighted by molar-refractivity contribution is 5.86. The minimum Gasteiger partial charge on any atom is -0.357 e. The third-order valence-electron chi connectivity index (χ3n) is 2.96. The molecule has 0 aliphatic rings. The Morgan fingerprint density at radius 1 is 1.29 bits per heavy atom. The Morgan fingerprint density at radius 3 is 2.65 bits per heavy atom. The molecule has 3 heteroatoms. The summed E-state index contributed by atoms with van der Waals surface area (Å²) in [6.07, 6.45) is 0. The van der Waals surface area contributed by atoms with Crippen molar-refractivity contribution in [1.29, 1.82) is 5.26 Å². The van der Waals surface area contributed by atoms with Crippen LogP contribution in [0.4, 0.5) is 5.82 Å². The molecular weight excluding hydrogens is 210 g/mol. The largest absolute Gasteiger partial charge is 0.357 e. The quantitative estimate of drug-likeness (QED) is 0.788. The van der Waals surface area contributed by atoms with E-state index in [4.69, 9.17) is 0 Å². The predicted octanol–water partition coefficient (Wildman–Crippen LogP) is 2.95. The standard InChI is InChI=1S/C14H15N3/c1-10(2)17(3)14-8-11(9-15)12-6-4-5-7-13(12)16-14/h4-8,10H,1-3H3. The number of benzene rings is 1. The molecule has 86 valence electrons. The normalized spacial score (nSPS) is 10.5. The average Bonchev–Trinajstić information content (AvgIpc) is 2.36. The minimum atomic E-state index is 0.357. The third kappa shape index (κ3) is 2.07. The molecule has 2 aromatic rings. The summed E-state index contributed by atoms with van der Waals surface area (Å²) in [6.45, 7) is 4.20. The van der Waals surface area contributed by atoms with E-state index in [-0.39, 0.29) is 0 Å². The van der Waals surface area contributed by atoms with Crippen molar-refractivity contribution in [2.75, 3.05) is 11.9 Å². The SMILES string of the molecule is CC(C)N(C)c1cc(C#N)c2ccccc2n1. The van der Waals surface area contributed by atoms with E-state index >= 15 is 0 Å². The Labute approximate surface area is 101 Å². The van der Waals surface area contributed by atoms with Gasteiger partial charge in [-0.15, -0.1) is 0 Å². The molecule has 0 atom stereocenters. The van der Waals surface area contributed by atoms with Crippen LogP contribution in [0.5, 0.6) is 0 Å². The topological polar surface area (TPSA) is 39.9 Å². The lowest BCUT2D eigenvalue weighted by molar-refractivity contribution is 0.745. The van der Waals surface area contributed by atoms with Gasteiger partial charge in [0.05, 0.1) is 17.1 Å². The smallest absolute Gasteiger partial charge is 0.130 e. The molecule has 17 heavy (non-hydrogen) atoms. The highest BCUT2D eigenvalue weighted by Crippen LogP contribution is 2.22. The average molecular weight is 225 g/mol. The van der Waals surface area contributed by atoms with Crippen LogP contribution >= 0.6 is 0 Å². The van der Waals surface area contributed by atoms with Crippen molar-refractivity contribution >= 4 is 16.7 Å². The van der Waals surface area contributed by atoms with Gasteiger partial charge in [-0.05, 0) is 26.0 Å². The number of pyridine rings is 1. The molecule has 2 rings (SSSR count). The van der Waals surface area contributed by atoms with Crippen LogP contribution in [-0.2, 0) is 0 Å². The molecule has 0 saturated carbocycles. The fraction of sp³-hybridized carbons (Fsp3) is 0.286. The van der Waals surface area contributed by atoms with Gasteiger partial charge in [0.25, 0.3) is 0 Å². The monoisotopic (exact) mass is 225 g/mol. The molecule has 1 heterocycles. The highest BCUT2D eigenvalue weighted by atomic mass is 15.2. The number of aromatic nitrogens is 1. The fourth-order valence-corrected chi connectivity index (χ4v) is 1.70. The minimum absolute atomic E-state index is 0.357. The number of anilines is 1. The van der Waals surface area contributed by atoms with Crippen molar-refractivity contribution in [1.82, 2.24) is 4.98 Å². The maximum Gasteiger partial charge on any atom is 0.130 e. The Balaban J connectivity index is 2.65. The fourth-order valence-electron chi connectivity index (χ4n) is 1.70. The van der Waals surface area contributed by atoms with Crippen LogP contribution in [0.2, 0.25) is 0 Å².